The van der Waals surface area contributed by atoms with Crippen LogP contribution in [0.15, 0.2) is 18.2 Å². The number of rotatable bonds is 3. The molecule has 3 heteroatoms. The van der Waals surface area contributed by atoms with Crippen LogP contribution >= 0.6 is 0 Å². The predicted molar refractivity (Wildman–Crippen MR) is 65.2 cm³/mol. The Morgan fingerprint density at radius 2 is 2.31 bits per heavy atom. The lowest BCUT2D eigenvalue weighted by molar-refractivity contribution is 0.393. The normalized spacial score (nSPS) is 20.8. The van der Waals surface area contributed by atoms with E-state index >= 15 is 0 Å². The maximum absolute atomic E-state index is 13.1. The summed E-state index contributed by atoms with van der Waals surface area (Å²) < 4.78 is 13.1. The van der Waals surface area contributed by atoms with Crippen LogP contribution in [0, 0.1) is 18.7 Å². The molecule has 1 saturated heterocycles. The molecule has 0 aliphatic carbocycles. The highest BCUT2D eigenvalue weighted by Crippen LogP contribution is 2.15. The highest BCUT2D eigenvalue weighted by molar-refractivity contribution is 5.45. The largest absolute Gasteiger partial charge is 0.385 e. The molecule has 1 atom stereocenters. The van der Waals surface area contributed by atoms with Gasteiger partial charge in [0, 0.05) is 12.2 Å². The number of hydrogen-bond donors (Lipinski definition) is 2. The molecule has 0 amide bonds. The number of aryl methyl sites for hydroxylation is 1. The summed E-state index contributed by atoms with van der Waals surface area (Å²) in [4.78, 5) is 0. The number of nitrogens with one attached hydrogen (secondary N) is 2. The lowest BCUT2D eigenvalue weighted by atomic mass is 9.99. The zero-order valence-electron chi connectivity index (χ0n) is 9.72. The topological polar surface area (TPSA) is 24.1 Å². The SMILES string of the molecule is Cc1cc(F)cc(NCC2CCCNC2)c1. The maximum atomic E-state index is 13.1. The summed E-state index contributed by atoms with van der Waals surface area (Å²) >= 11 is 0. The smallest absolute Gasteiger partial charge is 0.125 e. The number of hydrogen-bond acceptors (Lipinski definition) is 2. The van der Waals surface area contributed by atoms with Crippen LogP contribution in [-0.4, -0.2) is 19.6 Å². The number of halogens is 1. The molecule has 0 aromatic heterocycles. The van der Waals surface area contributed by atoms with Gasteiger partial charge in [-0.2, -0.15) is 0 Å². The average molecular weight is 222 g/mol. The second-order valence-corrected chi connectivity index (χ2v) is 4.61. The Kier molecular flexibility index (Phi) is 3.78. The third-order valence-corrected chi connectivity index (χ3v) is 3.04. The highest BCUT2D eigenvalue weighted by Gasteiger charge is 2.12. The summed E-state index contributed by atoms with van der Waals surface area (Å²) in [6.45, 7) is 5.04. The summed E-state index contributed by atoms with van der Waals surface area (Å²) in [5.41, 5.74) is 1.85. The fourth-order valence-corrected chi connectivity index (χ4v) is 2.20. The summed E-state index contributed by atoms with van der Waals surface area (Å²) in [6, 6.07) is 5.09. The van der Waals surface area contributed by atoms with Crippen molar-refractivity contribution in [3.63, 3.8) is 0 Å². The van der Waals surface area contributed by atoms with Gasteiger partial charge in [0.05, 0.1) is 0 Å². The molecule has 2 N–H and O–H groups in total. The van der Waals surface area contributed by atoms with Crippen molar-refractivity contribution in [3.8, 4) is 0 Å². The monoisotopic (exact) mass is 222 g/mol. The van der Waals surface area contributed by atoms with Gasteiger partial charge in [0.1, 0.15) is 5.82 Å². The summed E-state index contributed by atoms with van der Waals surface area (Å²) in [5, 5.41) is 6.70. The Hall–Kier alpha value is -1.09. The first-order valence-electron chi connectivity index (χ1n) is 5.96. The molecule has 0 saturated carbocycles. The average Bonchev–Trinajstić information content (AvgIpc) is 2.27. The molecular formula is C13H19FN2. The zero-order chi connectivity index (χ0) is 11.4. The van der Waals surface area contributed by atoms with Crippen molar-refractivity contribution >= 4 is 5.69 Å². The van der Waals surface area contributed by atoms with Crippen LogP contribution in [0.3, 0.4) is 0 Å². The summed E-state index contributed by atoms with van der Waals surface area (Å²) in [5.74, 6) is 0.501. The third-order valence-electron chi connectivity index (χ3n) is 3.04. The molecule has 1 aromatic rings. The van der Waals surface area contributed by atoms with Gasteiger partial charge in [0.2, 0.25) is 0 Å². The van der Waals surface area contributed by atoms with Crippen LogP contribution in [0.2, 0.25) is 0 Å². The van der Waals surface area contributed by atoms with E-state index in [1.165, 1.54) is 12.8 Å². The third kappa shape index (κ3) is 3.20. The van der Waals surface area contributed by atoms with Gasteiger partial charge >= 0.3 is 0 Å². The number of benzene rings is 1. The standard InChI is InChI=1S/C13H19FN2/c1-10-5-12(14)7-13(6-10)16-9-11-3-2-4-15-8-11/h5-7,11,15-16H,2-4,8-9H2,1H3. The Bertz CT molecular complexity index is 326. The van der Waals surface area contributed by atoms with Crippen molar-refractivity contribution in [1.82, 2.24) is 5.32 Å². The van der Waals surface area contributed by atoms with Gasteiger partial charge in [-0.15, -0.1) is 0 Å². The summed E-state index contributed by atoms with van der Waals surface area (Å²) in [7, 11) is 0. The van der Waals surface area contributed by atoms with Gasteiger partial charge in [0.15, 0.2) is 0 Å². The molecule has 1 heterocycles. The molecule has 0 radical (unpaired) electrons. The molecule has 2 rings (SSSR count). The van der Waals surface area contributed by atoms with Gasteiger partial charge < -0.3 is 10.6 Å². The molecule has 16 heavy (non-hydrogen) atoms. The minimum atomic E-state index is -0.163. The van der Waals surface area contributed by atoms with E-state index < -0.39 is 0 Å². The molecular weight excluding hydrogens is 203 g/mol. The van der Waals surface area contributed by atoms with Crippen molar-refractivity contribution < 1.29 is 4.39 Å². The van der Waals surface area contributed by atoms with E-state index in [0.29, 0.717) is 5.92 Å². The Labute approximate surface area is 96.2 Å². The van der Waals surface area contributed by atoms with Crippen molar-refractivity contribution in [1.29, 1.82) is 0 Å². The Morgan fingerprint density at radius 3 is 3.00 bits per heavy atom. The van der Waals surface area contributed by atoms with Gasteiger partial charge in [-0.05, 0) is 62.5 Å². The van der Waals surface area contributed by atoms with Crippen LogP contribution in [0.25, 0.3) is 0 Å². The van der Waals surface area contributed by atoms with Crippen LogP contribution in [0.4, 0.5) is 10.1 Å². The van der Waals surface area contributed by atoms with Crippen LogP contribution in [0.5, 0.6) is 0 Å². The predicted octanol–water partition coefficient (Wildman–Crippen LogP) is 2.55. The number of piperidine rings is 1. The second kappa shape index (κ2) is 5.30. The van der Waals surface area contributed by atoms with Gasteiger partial charge in [-0.25, -0.2) is 4.39 Å². The fourth-order valence-electron chi connectivity index (χ4n) is 2.20. The van der Waals surface area contributed by atoms with Crippen molar-refractivity contribution in [2.24, 2.45) is 5.92 Å². The molecule has 0 spiro atoms. The quantitative estimate of drug-likeness (QED) is 0.821. The minimum Gasteiger partial charge on any atom is -0.385 e. The molecule has 2 nitrogen and oxygen atoms in total. The number of anilines is 1. The van der Waals surface area contributed by atoms with Crippen molar-refractivity contribution in [2.45, 2.75) is 19.8 Å². The molecule has 1 unspecified atom stereocenters. The van der Waals surface area contributed by atoms with E-state index in [2.05, 4.69) is 10.6 Å². The Morgan fingerprint density at radius 1 is 1.44 bits per heavy atom. The van der Waals surface area contributed by atoms with Crippen molar-refractivity contribution in [2.75, 3.05) is 25.0 Å². The first kappa shape index (κ1) is 11.4. The molecule has 1 fully saturated rings. The van der Waals surface area contributed by atoms with E-state index in [9.17, 15) is 4.39 Å². The highest BCUT2D eigenvalue weighted by atomic mass is 19.1. The first-order valence-corrected chi connectivity index (χ1v) is 5.96. The first-order chi connectivity index (χ1) is 7.74. The summed E-state index contributed by atoms with van der Waals surface area (Å²) in [6.07, 6.45) is 2.50. The van der Waals surface area contributed by atoms with Crippen molar-refractivity contribution in [3.05, 3.63) is 29.6 Å². The van der Waals surface area contributed by atoms with Gasteiger partial charge in [-0.3, -0.25) is 0 Å². The molecule has 1 aromatic carbocycles. The molecule has 1 aliphatic rings. The van der Waals surface area contributed by atoms with E-state index in [1.807, 2.05) is 13.0 Å². The second-order valence-electron chi connectivity index (χ2n) is 4.61. The van der Waals surface area contributed by atoms with E-state index in [0.717, 1.165) is 30.9 Å². The minimum absolute atomic E-state index is 0.163. The van der Waals surface area contributed by atoms with Gasteiger partial charge in [0.25, 0.3) is 0 Å². The van der Waals surface area contributed by atoms with E-state index in [1.54, 1.807) is 12.1 Å². The van der Waals surface area contributed by atoms with Crippen LogP contribution < -0.4 is 10.6 Å². The zero-order valence-corrected chi connectivity index (χ0v) is 9.72. The lowest BCUT2D eigenvalue weighted by Gasteiger charge is -2.23. The lowest BCUT2D eigenvalue weighted by Crippen LogP contribution is -2.33. The maximum Gasteiger partial charge on any atom is 0.125 e. The van der Waals surface area contributed by atoms with E-state index in [-0.39, 0.29) is 5.82 Å². The fraction of sp³-hybridized carbons (Fsp3) is 0.538. The molecule has 1 aliphatic heterocycles. The molecule has 0 bridgehead atoms. The van der Waals surface area contributed by atoms with Gasteiger partial charge in [-0.1, -0.05) is 0 Å². The Balaban J connectivity index is 1.88. The van der Waals surface area contributed by atoms with Crippen LogP contribution in [0.1, 0.15) is 18.4 Å². The molecule has 88 valence electrons. The van der Waals surface area contributed by atoms with E-state index in [4.69, 9.17) is 0 Å². The van der Waals surface area contributed by atoms with Crippen LogP contribution in [-0.2, 0) is 0 Å².